The van der Waals surface area contributed by atoms with E-state index >= 15 is 0 Å². The highest BCUT2D eigenvalue weighted by molar-refractivity contribution is 5.30. The second-order valence-electron chi connectivity index (χ2n) is 6.15. The highest BCUT2D eigenvalue weighted by Crippen LogP contribution is 2.21. The molecule has 0 radical (unpaired) electrons. The van der Waals surface area contributed by atoms with Crippen molar-refractivity contribution in [3.05, 3.63) is 65.0 Å². The van der Waals surface area contributed by atoms with Crippen LogP contribution in [0.4, 0.5) is 8.78 Å². The normalized spacial score (nSPS) is 18.3. The van der Waals surface area contributed by atoms with E-state index in [0.29, 0.717) is 44.0 Å². The van der Waals surface area contributed by atoms with E-state index in [2.05, 4.69) is 0 Å². The number of rotatable bonds is 5. The van der Waals surface area contributed by atoms with Gasteiger partial charge in [0.15, 0.2) is 0 Å². The molecule has 0 amide bonds. The Bertz CT molecular complexity index is 674. The Morgan fingerprint density at radius 3 is 2.78 bits per heavy atom. The molecule has 0 unspecified atom stereocenters. The fraction of sp³-hybridized carbons (Fsp3) is 0.368. The van der Waals surface area contributed by atoms with Gasteiger partial charge in [0, 0.05) is 31.3 Å². The predicted octanol–water partition coefficient (Wildman–Crippen LogP) is 4.26. The third-order valence-corrected chi connectivity index (χ3v) is 4.12. The van der Waals surface area contributed by atoms with Crippen molar-refractivity contribution in [2.75, 3.05) is 13.1 Å². The Hall–Kier alpha value is -1.94. The summed E-state index contributed by atoms with van der Waals surface area (Å²) in [6.45, 7) is 3.97. The van der Waals surface area contributed by atoms with Crippen molar-refractivity contribution in [3.8, 4) is 5.75 Å². The third-order valence-electron chi connectivity index (χ3n) is 4.12. The molecule has 1 saturated heterocycles. The first-order valence-electron chi connectivity index (χ1n) is 7.93. The van der Waals surface area contributed by atoms with E-state index in [-0.39, 0.29) is 5.82 Å². The second-order valence-corrected chi connectivity index (χ2v) is 6.15. The first kappa shape index (κ1) is 15.9. The maximum atomic E-state index is 14.2. The van der Waals surface area contributed by atoms with Gasteiger partial charge in [-0.2, -0.15) is 0 Å². The van der Waals surface area contributed by atoms with E-state index in [4.69, 9.17) is 4.74 Å². The molecule has 2 aromatic rings. The Balaban J connectivity index is 1.60. The zero-order valence-corrected chi connectivity index (χ0v) is 13.3. The minimum Gasteiger partial charge on any atom is -0.489 e. The summed E-state index contributed by atoms with van der Waals surface area (Å²) >= 11 is 0. The van der Waals surface area contributed by atoms with Gasteiger partial charge in [-0.15, -0.1) is 0 Å². The van der Waals surface area contributed by atoms with Crippen LogP contribution in [0.3, 0.4) is 0 Å². The number of hydrogen-bond donors (Lipinski definition) is 0. The van der Waals surface area contributed by atoms with Gasteiger partial charge >= 0.3 is 0 Å². The summed E-state index contributed by atoms with van der Waals surface area (Å²) in [5.74, 6) is 0.214. The lowest BCUT2D eigenvalue weighted by molar-refractivity contribution is 0.278. The van der Waals surface area contributed by atoms with Crippen LogP contribution in [-0.4, -0.2) is 24.2 Å². The topological polar surface area (TPSA) is 12.5 Å². The van der Waals surface area contributed by atoms with Crippen molar-refractivity contribution in [2.45, 2.75) is 32.7 Å². The number of halogens is 2. The van der Waals surface area contributed by atoms with Crippen LogP contribution >= 0.6 is 0 Å². The molecule has 23 heavy (non-hydrogen) atoms. The summed E-state index contributed by atoms with van der Waals surface area (Å²) in [6.07, 6.45) is -0.241. The SMILES string of the molecule is Cc1cccc(COc2ccc(CN3CC[C@@H](F)C3)c(F)c2)c1. The zero-order valence-electron chi connectivity index (χ0n) is 13.3. The van der Waals surface area contributed by atoms with Gasteiger partial charge < -0.3 is 4.74 Å². The first-order valence-corrected chi connectivity index (χ1v) is 7.93. The second kappa shape index (κ2) is 7.09. The van der Waals surface area contributed by atoms with Crippen molar-refractivity contribution in [1.82, 2.24) is 4.90 Å². The van der Waals surface area contributed by atoms with Crippen LogP contribution in [0.1, 0.15) is 23.1 Å². The average Bonchev–Trinajstić information content (AvgIpc) is 2.93. The number of benzene rings is 2. The van der Waals surface area contributed by atoms with Crippen LogP contribution in [0, 0.1) is 12.7 Å². The molecule has 0 bridgehead atoms. The predicted molar refractivity (Wildman–Crippen MR) is 86.7 cm³/mol. The molecule has 4 heteroatoms. The summed E-state index contributed by atoms with van der Waals surface area (Å²) in [7, 11) is 0. The molecule has 0 aromatic heterocycles. The Morgan fingerprint density at radius 1 is 1.22 bits per heavy atom. The van der Waals surface area contributed by atoms with Gasteiger partial charge in [0.2, 0.25) is 0 Å². The molecule has 0 spiro atoms. The van der Waals surface area contributed by atoms with Gasteiger partial charge in [-0.3, -0.25) is 4.90 Å². The number of ether oxygens (including phenoxy) is 1. The molecule has 2 nitrogen and oxygen atoms in total. The zero-order chi connectivity index (χ0) is 16.2. The van der Waals surface area contributed by atoms with E-state index in [1.54, 1.807) is 12.1 Å². The highest BCUT2D eigenvalue weighted by atomic mass is 19.1. The van der Waals surface area contributed by atoms with Crippen LogP contribution in [0.15, 0.2) is 42.5 Å². The lowest BCUT2D eigenvalue weighted by Crippen LogP contribution is -2.21. The summed E-state index contributed by atoms with van der Waals surface area (Å²) in [5.41, 5.74) is 2.81. The highest BCUT2D eigenvalue weighted by Gasteiger charge is 2.22. The quantitative estimate of drug-likeness (QED) is 0.817. The van der Waals surface area contributed by atoms with Gasteiger partial charge in [0.1, 0.15) is 24.3 Å². The van der Waals surface area contributed by atoms with Crippen LogP contribution in [0.5, 0.6) is 5.75 Å². The van der Waals surface area contributed by atoms with Gasteiger partial charge in [-0.1, -0.05) is 35.9 Å². The fourth-order valence-electron chi connectivity index (χ4n) is 2.88. The number of likely N-dealkylation sites (tertiary alicyclic amines) is 1. The number of alkyl halides is 1. The van der Waals surface area contributed by atoms with Crippen LogP contribution in [-0.2, 0) is 13.2 Å². The van der Waals surface area contributed by atoms with Crippen molar-refractivity contribution in [3.63, 3.8) is 0 Å². The number of nitrogens with zero attached hydrogens (tertiary/aromatic N) is 1. The standard InChI is InChI=1S/C19H21F2NO/c1-14-3-2-4-15(9-14)13-23-18-6-5-16(19(21)10-18)11-22-8-7-17(20)12-22/h2-6,9-10,17H,7-8,11-13H2,1H3/t17-/m1/s1. The van der Waals surface area contributed by atoms with Crippen LogP contribution in [0.25, 0.3) is 0 Å². The molecular formula is C19H21F2NO. The maximum absolute atomic E-state index is 14.2. The lowest BCUT2D eigenvalue weighted by Gasteiger charge is -2.15. The van der Waals surface area contributed by atoms with Crippen molar-refractivity contribution >= 4 is 0 Å². The van der Waals surface area contributed by atoms with Crippen LogP contribution in [0.2, 0.25) is 0 Å². The van der Waals surface area contributed by atoms with E-state index < -0.39 is 6.17 Å². The summed E-state index contributed by atoms with van der Waals surface area (Å²) < 4.78 is 33.0. The number of hydrogen-bond acceptors (Lipinski definition) is 2. The molecule has 0 N–H and O–H groups in total. The molecule has 2 aromatic carbocycles. The Kier molecular flexibility index (Phi) is 4.91. The molecule has 0 aliphatic carbocycles. The molecule has 3 rings (SSSR count). The smallest absolute Gasteiger partial charge is 0.131 e. The summed E-state index contributed by atoms with van der Waals surface area (Å²) in [5, 5.41) is 0. The van der Waals surface area contributed by atoms with Gasteiger partial charge in [-0.25, -0.2) is 8.78 Å². The monoisotopic (exact) mass is 317 g/mol. The minimum atomic E-state index is -0.782. The average molecular weight is 317 g/mol. The number of aryl methyl sites for hydroxylation is 1. The van der Waals surface area contributed by atoms with Gasteiger partial charge in [0.25, 0.3) is 0 Å². The Labute approximate surface area is 135 Å². The molecule has 0 saturated carbocycles. The van der Waals surface area contributed by atoms with Gasteiger partial charge in [-0.05, 0) is 25.0 Å². The molecule has 122 valence electrons. The van der Waals surface area contributed by atoms with E-state index in [0.717, 1.165) is 5.56 Å². The third kappa shape index (κ3) is 4.29. The molecule has 1 heterocycles. The molecular weight excluding hydrogens is 296 g/mol. The molecule has 1 aliphatic heterocycles. The van der Waals surface area contributed by atoms with Crippen LogP contribution < -0.4 is 4.74 Å². The Morgan fingerprint density at radius 2 is 2.09 bits per heavy atom. The van der Waals surface area contributed by atoms with Gasteiger partial charge in [0.05, 0.1) is 0 Å². The lowest BCUT2D eigenvalue weighted by atomic mass is 10.1. The van der Waals surface area contributed by atoms with E-state index in [1.165, 1.54) is 11.6 Å². The molecule has 1 atom stereocenters. The van der Waals surface area contributed by atoms with E-state index in [9.17, 15) is 8.78 Å². The molecule has 1 fully saturated rings. The fourth-order valence-corrected chi connectivity index (χ4v) is 2.88. The minimum absolute atomic E-state index is 0.297. The van der Waals surface area contributed by atoms with Crippen molar-refractivity contribution in [1.29, 1.82) is 0 Å². The van der Waals surface area contributed by atoms with Crippen molar-refractivity contribution < 1.29 is 13.5 Å². The summed E-state index contributed by atoms with van der Waals surface area (Å²) in [4.78, 5) is 1.94. The maximum Gasteiger partial charge on any atom is 0.131 e. The first-order chi connectivity index (χ1) is 11.1. The largest absolute Gasteiger partial charge is 0.489 e. The molecule has 1 aliphatic rings. The summed E-state index contributed by atoms with van der Waals surface area (Å²) in [6, 6.07) is 13.0. The van der Waals surface area contributed by atoms with E-state index in [1.807, 2.05) is 36.1 Å². The van der Waals surface area contributed by atoms with Crippen molar-refractivity contribution in [2.24, 2.45) is 0 Å².